The van der Waals surface area contributed by atoms with Crippen LogP contribution < -0.4 is 14.9 Å². The molecule has 0 unspecified atom stereocenters. The average molecular weight is 324 g/mol. The van der Waals surface area contributed by atoms with E-state index in [1.807, 2.05) is 25.0 Å². The Kier molecular flexibility index (Phi) is 4.58. The van der Waals surface area contributed by atoms with E-state index in [9.17, 15) is 4.79 Å². The summed E-state index contributed by atoms with van der Waals surface area (Å²) in [5, 5.41) is 0. The van der Waals surface area contributed by atoms with Crippen LogP contribution in [0.5, 0.6) is 17.2 Å². The fraction of sp³-hybridized carbons (Fsp3) is 0.167. The number of carbonyl (C=O) groups is 1. The summed E-state index contributed by atoms with van der Waals surface area (Å²) in [4.78, 5) is 11.8. The predicted molar refractivity (Wildman–Crippen MR) is 91.2 cm³/mol. The first-order chi connectivity index (χ1) is 11.6. The van der Waals surface area contributed by atoms with Crippen LogP contribution in [-0.2, 0) is 16.0 Å². The quantitative estimate of drug-likeness (QED) is 0.480. The lowest BCUT2D eigenvalue weighted by molar-refractivity contribution is 0.0660. The zero-order chi connectivity index (χ0) is 17.1. The van der Waals surface area contributed by atoms with E-state index in [-0.39, 0.29) is 6.92 Å². The van der Waals surface area contributed by atoms with Gasteiger partial charge >= 0.3 is 12.9 Å². The van der Waals surface area contributed by atoms with Crippen molar-refractivity contribution in [2.24, 2.45) is 0 Å². The Labute approximate surface area is 140 Å². The van der Waals surface area contributed by atoms with Crippen LogP contribution in [0.1, 0.15) is 15.9 Å². The van der Waals surface area contributed by atoms with Crippen molar-refractivity contribution in [1.82, 2.24) is 0 Å². The second-order valence-corrected chi connectivity index (χ2v) is 5.35. The molecule has 1 aliphatic heterocycles. The maximum Gasteiger partial charge on any atom is 0.346 e. The van der Waals surface area contributed by atoms with Gasteiger partial charge in [-0.05, 0) is 35.3 Å². The number of rotatable bonds is 5. The molecule has 122 valence electrons. The molecule has 0 aliphatic carbocycles. The summed E-state index contributed by atoms with van der Waals surface area (Å²) >= 11 is 0. The Hall–Kier alpha value is -2.73. The van der Waals surface area contributed by atoms with Gasteiger partial charge in [-0.15, -0.1) is 0 Å². The van der Waals surface area contributed by atoms with Gasteiger partial charge in [-0.2, -0.15) is 0 Å². The van der Waals surface area contributed by atoms with Crippen LogP contribution in [0.3, 0.4) is 0 Å². The smallest absolute Gasteiger partial charge is 0.346 e. The van der Waals surface area contributed by atoms with Gasteiger partial charge in [0, 0.05) is 6.07 Å². The van der Waals surface area contributed by atoms with Gasteiger partial charge in [-0.1, -0.05) is 19.5 Å². The fourth-order valence-electron chi connectivity index (χ4n) is 2.65. The summed E-state index contributed by atoms with van der Waals surface area (Å²) in [7, 11) is 1.48. The Bertz CT molecular complexity index is 787. The van der Waals surface area contributed by atoms with Crippen molar-refractivity contribution in [2.75, 3.05) is 7.11 Å². The molecule has 0 radical (unpaired) electrons. The normalized spacial score (nSPS) is 12.5. The predicted octanol–water partition coefficient (Wildman–Crippen LogP) is 3.15. The zero-order valence-electron chi connectivity index (χ0n) is 13.6. The minimum Gasteiger partial charge on any atom is -0.496 e. The summed E-state index contributed by atoms with van der Waals surface area (Å²) in [6.07, 6.45) is 1.08. The summed E-state index contributed by atoms with van der Waals surface area (Å²) < 4.78 is 21.5. The largest absolute Gasteiger partial charge is 0.496 e. The SMILES string of the molecule is C=COC(=O)c1ccc(Oc2ccc3c(c2)COB3C)cc1OC. The Morgan fingerprint density at radius 2 is 2.00 bits per heavy atom. The van der Waals surface area contributed by atoms with E-state index < -0.39 is 5.97 Å². The molecule has 0 spiro atoms. The van der Waals surface area contributed by atoms with Gasteiger partial charge in [0.2, 0.25) is 0 Å². The van der Waals surface area contributed by atoms with Crippen LogP contribution >= 0.6 is 0 Å². The topological polar surface area (TPSA) is 54.0 Å². The zero-order valence-corrected chi connectivity index (χ0v) is 13.6. The summed E-state index contributed by atoms with van der Waals surface area (Å²) in [6, 6.07) is 10.8. The Morgan fingerprint density at radius 3 is 2.75 bits per heavy atom. The van der Waals surface area contributed by atoms with Crippen molar-refractivity contribution in [3.8, 4) is 17.2 Å². The number of carbonyl (C=O) groups excluding carboxylic acids is 1. The van der Waals surface area contributed by atoms with Gasteiger partial charge in [0.05, 0.1) is 20.0 Å². The van der Waals surface area contributed by atoms with Gasteiger partial charge in [0.1, 0.15) is 22.8 Å². The molecule has 5 nitrogen and oxygen atoms in total. The van der Waals surface area contributed by atoms with Gasteiger partial charge in [-0.3, -0.25) is 0 Å². The molecule has 0 N–H and O–H groups in total. The highest BCUT2D eigenvalue weighted by molar-refractivity contribution is 6.67. The van der Waals surface area contributed by atoms with Crippen LogP contribution in [0.15, 0.2) is 49.2 Å². The Balaban J connectivity index is 1.83. The molecule has 0 fully saturated rings. The molecule has 0 atom stereocenters. The number of fused-ring (bicyclic) bond motifs is 1. The summed E-state index contributed by atoms with van der Waals surface area (Å²) in [5.74, 6) is 1.11. The second-order valence-electron chi connectivity index (χ2n) is 5.35. The molecule has 0 amide bonds. The van der Waals surface area contributed by atoms with E-state index in [0.717, 1.165) is 11.8 Å². The molecular weight excluding hydrogens is 307 g/mol. The monoisotopic (exact) mass is 324 g/mol. The number of esters is 1. The maximum absolute atomic E-state index is 11.8. The third kappa shape index (κ3) is 3.14. The first-order valence-corrected chi connectivity index (χ1v) is 7.54. The molecule has 0 aromatic heterocycles. The van der Waals surface area contributed by atoms with Crippen molar-refractivity contribution in [3.63, 3.8) is 0 Å². The molecule has 1 heterocycles. The van der Waals surface area contributed by atoms with Crippen molar-refractivity contribution in [2.45, 2.75) is 13.4 Å². The lowest BCUT2D eigenvalue weighted by Gasteiger charge is -2.11. The molecule has 0 saturated heterocycles. The minimum absolute atomic E-state index is 0.115. The number of benzene rings is 2. The van der Waals surface area contributed by atoms with Crippen molar-refractivity contribution >= 4 is 18.3 Å². The fourth-order valence-corrected chi connectivity index (χ4v) is 2.65. The van der Waals surface area contributed by atoms with Gasteiger partial charge in [-0.25, -0.2) is 4.79 Å². The van der Waals surface area contributed by atoms with Crippen LogP contribution in [-0.4, -0.2) is 20.0 Å². The van der Waals surface area contributed by atoms with Crippen LogP contribution in [0.4, 0.5) is 0 Å². The van der Waals surface area contributed by atoms with Gasteiger partial charge in [0.25, 0.3) is 0 Å². The highest BCUT2D eigenvalue weighted by atomic mass is 16.5. The van der Waals surface area contributed by atoms with Crippen LogP contribution in [0, 0.1) is 0 Å². The van der Waals surface area contributed by atoms with Gasteiger partial charge in [0.15, 0.2) is 0 Å². The lowest BCUT2D eigenvalue weighted by atomic mass is 9.64. The highest BCUT2D eigenvalue weighted by Gasteiger charge is 2.23. The van der Waals surface area contributed by atoms with Gasteiger partial charge < -0.3 is 18.9 Å². The van der Waals surface area contributed by atoms with Crippen molar-refractivity contribution in [1.29, 1.82) is 0 Å². The molecule has 0 bridgehead atoms. The lowest BCUT2D eigenvalue weighted by Crippen LogP contribution is -2.23. The first-order valence-electron chi connectivity index (χ1n) is 7.54. The van der Waals surface area contributed by atoms with Crippen molar-refractivity contribution in [3.05, 3.63) is 60.4 Å². The molecule has 2 aromatic rings. The van der Waals surface area contributed by atoms with E-state index in [4.69, 9.17) is 18.9 Å². The molecule has 3 rings (SSSR count). The second kappa shape index (κ2) is 6.80. The Morgan fingerprint density at radius 1 is 1.25 bits per heavy atom. The van der Waals surface area contributed by atoms with E-state index in [1.54, 1.807) is 18.2 Å². The maximum atomic E-state index is 11.8. The molecule has 1 aliphatic rings. The highest BCUT2D eigenvalue weighted by Crippen LogP contribution is 2.29. The molecule has 0 saturated carbocycles. The number of hydrogen-bond donors (Lipinski definition) is 0. The molecular formula is C18H17BO5. The van der Waals surface area contributed by atoms with Crippen molar-refractivity contribution < 1.29 is 23.7 Å². The van der Waals surface area contributed by atoms with E-state index >= 15 is 0 Å². The standard InChI is InChI=1S/C18H17BO5/c1-4-22-18(20)15-7-5-14(10-17(15)21-3)24-13-6-8-16-12(9-13)11-23-19(16)2/h4-10H,1,11H2,2-3H3. The number of methoxy groups -OCH3 is 1. The molecule has 24 heavy (non-hydrogen) atoms. The summed E-state index contributed by atoms with van der Waals surface area (Å²) in [6.45, 7) is 6.10. The van der Waals surface area contributed by atoms with Crippen LogP contribution in [0.25, 0.3) is 0 Å². The number of hydrogen-bond acceptors (Lipinski definition) is 5. The van der Waals surface area contributed by atoms with E-state index in [1.165, 1.54) is 12.6 Å². The average Bonchev–Trinajstić information content (AvgIpc) is 2.95. The third-order valence-electron chi connectivity index (χ3n) is 3.86. The third-order valence-corrected chi connectivity index (χ3v) is 3.86. The summed E-state index contributed by atoms with van der Waals surface area (Å²) in [5.41, 5.74) is 2.61. The number of ether oxygens (including phenoxy) is 3. The minimum atomic E-state index is -0.530. The molecule has 2 aromatic carbocycles. The van der Waals surface area contributed by atoms with E-state index in [2.05, 4.69) is 6.58 Å². The van der Waals surface area contributed by atoms with Crippen LogP contribution in [0.2, 0.25) is 6.82 Å². The first kappa shape index (κ1) is 16.1. The van der Waals surface area contributed by atoms with E-state index in [0.29, 0.717) is 29.4 Å². The molecule has 6 heteroatoms.